The largest absolute Gasteiger partial charge is 0.375 e. The first-order valence-corrected chi connectivity index (χ1v) is 4.71. The molecule has 3 N–H and O–H groups in total. The summed E-state index contributed by atoms with van der Waals surface area (Å²) in [6.07, 6.45) is 2.20. The van der Waals surface area contributed by atoms with Crippen LogP contribution in [-0.2, 0) is 4.74 Å². The Morgan fingerprint density at radius 2 is 2.33 bits per heavy atom. The SMILES string of the molecule is CC1(C)C[C@@H](NCCN)CCO1. The lowest BCUT2D eigenvalue weighted by Gasteiger charge is -2.35. The van der Waals surface area contributed by atoms with E-state index in [0.29, 0.717) is 6.04 Å². The molecule has 0 amide bonds. The summed E-state index contributed by atoms with van der Waals surface area (Å²) in [6.45, 7) is 6.79. The Hall–Kier alpha value is -0.120. The van der Waals surface area contributed by atoms with Gasteiger partial charge in [0.05, 0.1) is 5.60 Å². The Bertz CT molecular complexity index is 136. The van der Waals surface area contributed by atoms with Crippen molar-refractivity contribution in [3.05, 3.63) is 0 Å². The second-order valence-electron chi connectivity index (χ2n) is 4.04. The van der Waals surface area contributed by atoms with Gasteiger partial charge in [0.25, 0.3) is 0 Å². The third-order valence-electron chi connectivity index (χ3n) is 2.27. The van der Waals surface area contributed by atoms with Crippen LogP contribution in [0.1, 0.15) is 26.7 Å². The summed E-state index contributed by atoms with van der Waals surface area (Å²) < 4.78 is 5.60. The highest BCUT2D eigenvalue weighted by atomic mass is 16.5. The number of hydrogen-bond acceptors (Lipinski definition) is 3. The molecule has 12 heavy (non-hydrogen) atoms. The molecule has 0 aliphatic carbocycles. The summed E-state index contributed by atoms with van der Waals surface area (Å²) in [5, 5.41) is 3.42. The Morgan fingerprint density at radius 3 is 2.92 bits per heavy atom. The Morgan fingerprint density at radius 1 is 1.58 bits per heavy atom. The maximum Gasteiger partial charge on any atom is 0.0641 e. The molecule has 0 unspecified atom stereocenters. The minimum absolute atomic E-state index is 0.0461. The maximum atomic E-state index is 5.60. The molecule has 1 aliphatic rings. The van der Waals surface area contributed by atoms with E-state index in [0.717, 1.165) is 32.5 Å². The normalized spacial score (nSPS) is 28.8. The molecule has 0 bridgehead atoms. The van der Waals surface area contributed by atoms with Crippen molar-refractivity contribution < 1.29 is 4.74 Å². The number of hydrogen-bond donors (Lipinski definition) is 2. The van der Waals surface area contributed by atoms with Crippen LogP contribution in [0.2, 0.25) is 0 Å². The van der Waals surface area contributed by atoms with E-state index in [1.807, 2.05) is 0 Å². The molecule has 1 atom stereocenters. The summed E-state index contributed by atoms with van der Waals surface area (Å²) in [5.74, 6) is 0. The van der Waals surface area contributed by atoms with E-state index in [9.17, 15) is 0 Å². The number of nitrogens with two attached hydrogens (primary N) is 1. The molecule has 1 aliphatic heterocycles. The van der Waals surface area contributed by atoms with Crippen LogP contribution in [-0.4, -0.2) is 31.3 Å². The van der Waals surface area contributed by atoms with Crippen LogP contribution in [0.4, 0.5) is 0 Å². The fraction of sp³-hybridized carbons (Fsp3) is 1.00. The smallest absolute Gasteiger partial charge is 0.0641 e. The predicted octanol–water partition coefficient (Wildman–Crippen LogP) is 0.492. The molecule has 1 rings (SSSR count). The van der Waals surface area contributed by atoms with Crippen LogP contribution >= 0.6 is 0 Å². The van der Waals surface area contributed by atoms with Crippen molar-refractivity contribution in [2.45, 2.75) is 38.3 Å². The summed E-state index contributed by atoms with van der Waals surface area (Å²) in [5.41, 5.74) is 5.47. The molecule has 0 aromatic carbocycles. The van der Waals surface area contributed by atoms with Gasteiger partial charge < -0.3 is 15.8 Å². The van der Waals surface area contributed by atoms with Crippen LogP contribution in [0.3, 0.4) is 0 Å². The molecule has 3 heteroatoms. The average Bonchev–Trinajstić information content (AvgIpc) is 1.99. The second kappa shape index (κ2) is 4.21. The van der Waals surface area contributed by atoms with Crippen LogP contribution in [0.5, 0.6) is 0 Å². The molecule has 0 aromatic rings. The van der Waals surface area contributed by atoms with E-state index in [-0.39, 0.29) is 5.60 Å². The lowest BCUT2D eigenvalue weighted by Crippen LogP contribution is -2.44. The van der Waals surface area contributed by atoms with Crippen molar-refractivity contribution >= 4 is 0 Å². The van der Waals surface area contributed by atoms with E-state index < -0.39 is 0 Å². The molecule has 72 valence electrons. The van der Waals surface area contributed by atoms with Crippen molar-refractivity contribution in [3.8, 4) is 0 Å². The molecule has 1 heterocycles. The summed E-state index contributed by atoms with van der Waals surface area (Å²) in [7, 11) is 0. The van der Waals surface area contributed by atoms with Gasteiger partial charge in [0.1, 0.15) is 0 Å². The first-order valence-electron chi connectivity index (χ1n) is 4.71. The van der Waals surface area contributed by atoms with Gasteiger partial charge in [-0.25, -0.2) is 0 Å². The van der Waals surface area contributed by atoms with Crippen molar-refractivity contribution in [3.63, 3.8) is 0 Å². The fourth-order valence-electron chi connectivity index (χ4n) is 1.69. The standard InChI is InChI=1S/C9H20N2O/c1-9(2)7-8(3-6-12-9)11-5-4-10/h8,11H,3-7,10H2,1-2H3/t8-/m0/s1. The fourth-order valence-corrected chi connectivity index (χ4v) is 1.69. The van der Waals surface area contributed by atoms with E-state index in [4.69, 9.17) is 10.5 Å². The van der Waals surface area contributed by atoms with E-state index in [1.165, 1.54) is 0 Å². The highest BCUT2D eigenvalue weighted by molar-refractivity contribution is 4.82. The van der Waals surface area contributed by atoms with Gasteiger partial charge in [-0.2, -0.15) is 0 Å². The number of nitrogens with one attached hydrogen (secondary N) is 1. The molecule has 1 fully saturated rings. The summed E-state index contributed by atoms with van der Waals surface area (Å²) in [4.78, 5) is 0. The van der Waals surface area contributed by atoms with Gasteiger partial charge in [-0.05, 0) is 26.7 Å². The van der Waals surface area contributed by atoms with Gasteiger partial charge in [-0.3, -0.25) is 0 Å². The van der Waals surface area contributed by atoms with Crippen molar-refractivity contribution in [1.82, 2.24) is 5.32 Å². The van der Waals surface area contributed by atoms with Crippen molar-refractivity contribution in [2.75, 3.05) is 19.7 Å². The van der Waals surface area contributed by atoms with Gasteiger partial charge in [-0.15, -0.1) is 0 Å². The number of rotatable bonds is 3. The third-order valence-corrected chi connectivity index (χ3v) is 2.27. The zero-order valence-electron chi connectivity index (χ0n) is 8.10. The summed E-state index contributed by atoms with van der Waals surface area (Å²) >= 11 is 0. The van der Waals surface area contributed by atoms with Gasteiger partial charge >= 0.3 is 0 Å². The quantitative estimate of drug-likeness (QED) is 0.651. The van der Waals surface area contributed by atoms with Gasteiger partial charge in [-0.1, -0.05) is 0 Å². The molecule has 1 saturated heterocycles. The molecule has 3 nitrogen and oxygen atoms in total. The highest BCUT2D eigenvalue weighted by Gasteiger charge is 2.27. The zero-order chi connectivity index (χ0) is 9.03. The van der Waals surface area contributed by atoms with E-state index in [1.54, 1.807) is 0 Å². The minimum atomic E-state index is 0.0461. The van der Waals surface area contributed by atoms with Crippen molar-refractivity contribution in [1.29, 1.82) is 0 Å². The van der Waals surface area contributed by atoms with Gasteiger partial charge in [0.15, 0.2) is 0 Å². The Labute approximate surface area is 74.7 Å². The first kappa shape index (κ1) is 9.96. The Kier molecular flexibility index (Phi) is 3.50. The van der Waals surface area contributed by atoms with Crippen LogP contribution < -0.4 is 11.1 Å². The van der Waals surface area contributed by atoms with Crippen molar-refractivity contribution in [2.24, 2.45) is 5.73 Å². The maximum absolute atomic E-state index is 5.60. The molecule has 0 aromatic heterocycles. The lowest BCUT2D eigenvalue weighted by molar-refractivity contribution is -0.0626. The minimum Gasteiger partial charge on any atom is -0.375 e. The van der Waals surface area contributed by atoms with Gasteiger partial charge in [0, 0.05) is 25.7 Å². The highest BCUT2D eigenvalue weighted by Crippen LogP contribution is 2.23. The molecule has 0 spiro atoms. The Balaban J connectivity index is 2.26. The van der Waals surface area contributed by atoms with E-state index >= 15 is 0 Å². The van der Waals surface area contributed by atoms with E-state index in [2.05, 4.69) is 19.2 Å². The van der Waals surface area contributed by atoms with Crippen LogP contribution in [0.15, 0.2) is 0 Å². The number of ether oxygens (including phenoxy) is 1. The molecule has 0 saturated carbocycles. The topological polar surface area (TPSA) is 47.3 Å². The summed E-state index contributed by atoms with van der Waals surface area (Å²) in [6, 6.07) is 0.595. The zero-order valence-corrected chi connectivity index (χ0v) is 8.10. The second-order valence-corrected chi connectivity index (χ2v) is 4.04. The monoisotopic (exact) mass is 172 g/mol. The molecule has 0 radical (unpaired) electrons. The third kappa shape index (κ3) is 3.09. The van der Waals surface area contributed by atoms with Gasteiger partial charge in [0.2, 0.25) is 0 Å². The van der Waals surface area contributed by atoms with Crippen LogP contribution in [0, 0.1) is 0 Å². The van der Waals surface area contributed by atoms with Crippen LogP contribution in [0.25, 0.3) is 0 Å². The first-order chi connectivity index (χ1) is 5.64. The lowest BCUT2D eigenvalue weighted by atomic mass is 9.94. The molecular formula is C9H20N2O. The average molecular weight is 172 g/mol. The predicted molar refractivity (Wildman–Crippen MR) is 50.1 cm³/mol. The molecular weight excluding hydrogens is 152 g/mol.